The lowest BCUT2D eigenvalue weighted by Crippen LogP contribution is -2.37. The van der Waals surface area contributed by atoms with Crippen molar-refractivity contribution in [2.24, 2.45) is 0 Å². The first-order valence-corrected chi connectivity index (χ1v) is 10.8. The Morgan fingerprint density at radius 2 is 1.82 bits per heavy atom. The molecule has 0 saturated carbocycles. The number of nitrogens with one attached hydrogen (secondary N) is 1. The second-order valence-corrected chi connectivity index (χ2v) is 8.65. The van der Waals surface area contributed by atoms with Crippen LogP contribution in [0.4, 0.5) is 5.69 Å². The summed E-state index contributed by atoms with van der Waals surface area (Å²) in [6.45, 7) is 7.56. The van der Waals surface area contributed by atoms with Crippen LogP contribution in [0.1, 0.15) is 25.0 Å². The summed E-state index contributed by atoms with van der Waals surface area (Å²) in [6.07, 6.45) is 0. The van der Waals surface area contributed by atoms with E-state index in [1.165, 1.54) is 6.07 Å². The number of likely N-dealkylation sites (N-methyl/N-ethyl adjacent to an activating group) is 1. The smallest absolute Gasteiger partial charge is 0.243 e. The Morgan fingerprint density at radius 3 is 2.39 bits per heavy atom. The maximum atomic E-state index is 13.0. The van der Waals surface area contributed by atoms with Crippen LogP contribution in [0.15, 0.2) is 41.3 Å². The average molecular weight is 425 g/mol. The molecule has 1 N–H and O–H groups in total. The van der Waals surface area contributed by atoms with E-state index in [0.717, 1.165) is 15.4 Å². The van der Waals surface area contributed by atoms with Gasteiger partial charge in [-0.05, 0) is 62.2 Å². The first kappa shape index (κ1) is 22.2. The Kier molecular flexibility index (Phi) is 7.46. The molecule has 0 fully saturated rings. The van der Waals surface area contributed by atoms with Crippen molar-refractivity contribution in [3.63, 3.8) is 0 Å². The van der Waals surface area contributed by atoms with Gasteiger partial charge >= 0.3 is 0 Å². The highest BCUT2D eigenvalue weighted by molar-refractivity contribution is 7.89. The van der Waals surface area contributed by atoms with Gasteiger partial charge in [-0.2, -0.15) is 4.31 Å². The lowest BCUT2D eigenvalue weighted by Gasteiger charge is -2.21. The molecular formula is C20H25ClN2O4S. The van der Waals surface area contributed by atoms with Gasteiger partial charge in [0, 0.05) is 17.3 Å². The molecule has 28 heavy (non-hydrogen) atoms. The average Bonchev–Trinajstić information content (AvgIpc) is 2.64. The second-order valence-electron chi connectivity index (χ2n) is 6.30. The Labute approximate surface area is 171 Å². The minimum atomic E-state index is -3.82. The normalized spacial score (nSPS) is 11.5. The Morgan fingerprint density at radius 1 is 1.11 bits per heavy atom. The first-order valence-electron chi connectivity index (χ1n) is 8.98. The monoisotopic (exact) mass is 424 g/mol. The van der Waals surface area contributed by atoms with Crippen molar-refractivity contribution >= 4 is 33.2 Å². The molecule has 152 valence electrons. The van der Waals surface area contributed by atoms with E-state index < -0.39 is 15.9 Å². The van der Waals surface area contributed by atoms with E-state index >= 15 is 0 Å². The summed E-state index contributed by atoms with van der Waals surface area (Å²) in [6, 6.07) is 9.83. The molecule has 2 rings (SSSR count). The van der Waals surface area contributed by atoms with Crippen molar-refractivity contribution in [2.75, 3.05) is 25.0 Å². The topological polar surface area (TPSA) is 75.7 Å². The largest absolute Gasteiger partial charge is 0.494 e. The van der Waals surface area contributed by atoms with E-state index in [9.17, 15) is 13.2 Å². The fourth-order valence-electron chi connectivity index (χ4n) is 2.65. The van der Waals surface area contributed by atoms with Crippen molar-refractivity contribution in [3.8, 4) is 5.75 Å². The maximum absolute atomic E-state index is 13.0. The quantitative estimate of drug-likeness (QED) is 0.694. The number of halogens is 1. The van der Waals surface area contributed by atoms with Crippen LogP contribution in [0, 0.1) is 13.8 Å². The molecule has 0 aliphatic carbocycles. The van der Waals surface area contributed by atoms with Crippen molar-refractivity contribution < 1.29 is 17.9 Å². The SMILES string of the molecule is CCOc1ccc(S(=O)(=O)N(CC)CC(=O)Nc2ccc(C)c(Cl)c2)cc1C. The lowest BCUT2D eigenvalue weighted by atomic mass is 10.2. The number of amides is 1. The minimum absolute atomic E-state index is 0.126. The van der Waals surface area contributed by atoms with E-state index in [4.69, 9.17) is 16.3 Å². The lowest BCUT2D eigenvalue weighted by molar-refractivity contribution is -0.116. The third-order valence-corrected chi connectivity index (χ3v) is 6.54. The number of carbonyl (C=O) groups is 1. The van der Waals surface area contributed by atoms with Crippen molar-refractivity contribution in [1.29, 1.82) is 0 Å². The minimum Gasteiger partial charge on any atom is -0.494 e. The summed E-state index contributed by atoms with van der Waals surface area (Å²) in [4.78, 5) is 12.5. The highest BCUT2D eigenvalue weighted by Gasteiger charge is 2.26. The van der Waals surface area contributed by atoms with Gasteiger partial charge in [-0.1, -0.05) is 24.6 Å². The molecule has 0 spiro atoms. The fraction of sp³-hybridized carbons (Fsp3) is 0.350. The summed E-state index contributed by atoms with van der Waals surface area (Å²) in [7, 11) is -3.82. The molecular weight excluding hydrogens is 400 g/mol. The summed E-state index contributed by atoms with van der Waals surface area (Å²) in [5, 5.41) is 3.22. The number of hydrogen-bond acceptors (Lipinski definition) is 4. The molecule has 0 aliphatic rings. The zero-order chi connectivity index (χ0) is 20.9. The Hall–Kier alpha value is -2.09. The zero-order valence-electron chi connectivity index (χ0n) is 16.5. The zero-order valence-corrected chi connectivity index (χ0v) is 18.0. The molecule has 0 saturated heterocycles. The molecule has 0 unspecified atom stereocenters. The van der Waals surface area contributed by atoms with E-state index in [-0.39, 0.29) is 18.0 Å². The van der Waals surface area contributed by atoms with Crippen molar-refractivity contribution in [2.45, 2.75) is 32.6 Å². The van der Waals surface area contributed by atoms with Gasteiger partial charge in [0.25, 0.3) is 0 Å². The van der Waals surface area contributed by atoms with Crippen molar-refractivity contribution in [3.05, 3.63) is 52.5 Å². The molecule has 0 aliphatic heterocycles. The van der Waals surface area contributed by atoms with Gasteiger partial charge in [0.2, 0.25) is 15.9 Å². The van der Waals surface area contributed by atoms with Gasteiger partial charge in [-0.15, -0.1) is 0 Å². The highest BCUT2D eigenvalue weighted by Crippen LogP contribution is 2.24. The number of aryl methyl sites for hydroxylation is 2. The molecule has 0 aromatic heterocycles. The molecule has 8 heteroatoms. The Bertz CT molecular complexity index is 961. The molecule has 0 heterocycles. The van der Waals surface area contributed by atoms with Crippen molar-refractivity contribution in [1.82, 2.24) is 4.31 Å². The van der Waals surface area contributed by atoms with E-state index in [1.807, 2.05) is 13.8 Å². The molecule has 6 nitrogen and oxygen atoms in total. The summed E-state index contributed by atoms with van der Waals surface area (Å²) in [5.74, 6) is 0.200. The number of sulfonamides is 1. The van der Waals surface area contributed by atoms with Crippen LogP contribution < -0.4 is 10.1 Å². The van der Waals surface area contributed by atoms with Crippen LogP contribution in [0.3, 0.4) is 0 Å². The van der Waals surface area contributed by atoms with Crippen LogP contribution in [0.2, 0.25) is 5.02 Å². The van der Waals surface area contributed by atoms with Gasteiger partial charge in [0.05, 0.1) is 18.0 Å². The standard InChI is InChI=1S/C20H25ClN2O4S/c1-5-23(13-20(24)22-16-8-7-14(3)18(21)12-16)28(25,26)17-9-10-19(27-6-2)15(4)11-17/h7-12H,5-6,13H2,1-4H3,(H,22,24). The van der Waals surface area contributed by atoms with Gasteiger partial charge in [0.15, 0.2) is 0 Å². The number of hydrogen-bond donors (Lipinski definition) is 1. The number of nitrogens with zero attached hydrogens (tertiary/aromatic N) is 1. The van der Waals surface area contributed by atoms with Gasteiger partial charge in [0.1, 0.15) is 5.75 Å². The van der Waals surface area contributed by atoms with Crippen LogP contribution in [0.5, 0.6) is 5.75 Å². The van der Waals surface area contributed by atoms with E-state index in [2.05, 4.69) is 5.32 Å². The van der Waals surface area contributed by atoms with E-state index in [1.54, 1.807) is 44.2 Å². The third-order valence-electron chi connectivity index (χ3n) is 4.21. The number of ether oxygens (including phenoxy) is 1. The number of rotatable bonds is 8. The maximum Gasteiger partial charge on any atom is 0.243 e. The van der Waals surface area contributed by atoms with Gasteiger partial charge in [-0.25, -0.2) is 8.42 Å². The molecule has 0 atom stereocenters. The molecule has 0 radical (unpaired) electrons. The van der Waals surface area contributed by atoms with Crippen LogP contribution in [-0.2, 0) is 14.8 Å². The number of carbonyl (C=O) groups excluding carboxylic acids is 1. The molecule has 0 bridgehead atoms. The summed E-state index contributed by atoms with van der Waals surface area (Å²) >= 11 is 6.07. The molecule has 2 aromatic carbocycles. The molecule has 2 aromatic rings. The number of anilines is 1. The second kappa shape index (κ2) is 9.41. The number of benzene rings is 2. The van der Waals surface area contributed by atoms with E-state index in [0.29, 0.717) is 23.1 Å². The third kappa shape index (κ3) is 5.25. The predicted octanol–water partition coefficient (Wildman–Crippen LogP) is 4.00. The van der Waals surface area contributed by atoms with Crippen LogP contribution >= 0.6 is 11.6 Å². The fourth-order valence-corrected chi connectivity index (χ4v) is 4.32. The van der Waals surface area contributed by atoms with Gasteiger partial charge < -0.3 is 10.1 Å². The van der Waals surface area contributed by atoms with Gasteiger partial charge in [-0.3, -0.25) is 4.79 Å². The van der Waals surface area contributed by atoms with Crippen LogP contribution in [0.25, 0.3) is 0 Å². The summed E-state index contributed by atoms with van der Waals surface area (Å²) < 4.78 is 32.5. The first-order chi connectivity index (χ1) is 13.2. The predicted molar refractivity (Wildman–Crippen MR) is 112 cm³/mol. The Balaban J connectivity index is 2.17. The summed E-state index contributed by atoms with van der Waals surface area (Å²) in [5.41, 5.74) is 2.13. The highest BCUT2D eigenvalue weighted by atomic mass is 35.5. The molecule has 1 amide bonds. The van der Waals surface area contributed by atoms with Crippen LogP contribution in [-0.4, -0.2) is 38.3 Å².